The number of rotatable bonds is 9. The highest BCUT2D eigenvalue weighted by Gasteiger charge is 2.40. The van der Waals surface area contributed by atoms with Gasteiger partial charge in [0, 0.05) is 34.0 Å². The maximum absolute atomic E-state index is 15.5. The molecule has 0 aliphatic carbocycles. The van der Waals surface area contributed by atoms with E-state index in [4.69, 9.17) is 27.3 Å². The smallest absolute Gasteiger partial charge is 0.269 e. The molecule has 3 amide bonds. The van der Waals surface area contributed by atoms with E-state index in [1.54, 1.807) is 61.0 Å². The minimum atomic E-state index is -1.50. The summed E-state index contributed by atoms with van der Waals surface area (Å²) in [5, 5.41) is 16.1. The number of nitriles is 1. The molecule has 5 rings (SSSR count). The van der Waals surface area contributed by atoms with Crippen molar-refractivity contribution in [2.45, 2.75) is 25.2 Å². The molecule has 2 heterocycles. The van der Waals surface area contributed by atoms with Crippen molar-refractivity contribution in [3.05, 3.63) is 77.2 Å². The zero-order valence-corrected chi connectivity index (χ0v) is 25.3. The molecule has 1 aromatic heterocycles. The maximum atomic E-state index is 15.5. The molecule has 15 heteroatoms. The van der Waals surface area contributed by atoms with E-state index in [0.29, 0.717) is 27.2 Å². The number of fused-ring (bicyclic) bond motifs is 1. The van der Waals surface area contributed by atoms with Gasteiger partial charge < -0.3 is 20.7 Å². The number of carbonyl (C=O) groups excluding carboxylic acids is 3. The largest absolute Gasteiger partial charge is 0.482 e. The number of halogens is 3. The SMILES string of the molecule is CS(COc1ccc2c(C(N)=O)nn(CC(=O)N3C[C@H](F)C[C@H]3C(=O)Nc3cccc(-c4ccccc4Cl)c3F)c2c1)=NC#N. The second-order valence-corrected chi connectivity index (χ2v) is 12.2. The van der Waals surface area contributed by atoms with Crippen LogP contribution in [0.4, 0.5) is 14.5 Å². The molecule has 3 N–H and O–H groups in total. The number of nitrogens with zero attached hydrogens (tertiary/aromatic N) is 5. The van der Waals surface area contributed by atoms with Crippen LogP contribution in [0.15, 0.2) is 65.0 Å². The Morgan fingerprint density at radius 1 is 1.20 bits per heavy atom. The van der Waals surface area contributed by atoms with Crippen LogP contribution in [0.1, 0.15) is 16.9 Å². The lowest BCUT2D eigenvalue weighted by Crippen LogP contribution is -2.44. The number of nitrogens with two attached hydrogens (primary N) is 1. The maximum Gasteiger partial charge on any atom is 0.269 e. The van der Waals surface area contributed by atoms with E-state index in [1.807, 2.05) is 0 Å². The van der Waals surface area contributed by atoms with Crippen LogP contribution in [0, 0.1) is 17.3 Å². The standard InChI is InChI=1S/C30H26ClF2N7O4S/c1-45(36-15-34)16-44-18-9-10-21-24(12-18)40(38-28(21)29(35)42)14-26(41)39-13-17(32)11-25(39)30(43)37-23-8-4-6-20(27(23)33)19-5-2-3-7-22(19)31/h2-10,12,17,25H,11,13-14,16H2,1H3,(H2,35,42)(H,37,43)/t17-,25+,45?/m1/s1. The van der Waals surface area contributed by atoms with Crippen molar-refractivity contribution in [3.8, 4) is 23.1 Å². The van der Waals surface area contributed by atoms with Crippen LogP contribution in [-0.2, 0) is 26.8 Å². The molecular weight excluding hydrogens is 628 g/mol. The molecular formula is C30H26ClF2N7O4S. The number of likely N-dealkylation sites (tertiary alicyclic amines) is 1. The average molecular weight is 654 g/mol. The zero-order valence-electron chi connectivity index (χ0n) is 23.7. The number of ether oxygens (including phenoxy) is 1. The molecule has 45 heavy (non-hydrogen) atoms. The molecule has 0 radical (unpaired) electrons. The summed E-state index contributed by atoms with van der Waals surface area (Å²) in [5.74, 6) is -2.50. The van der Waals surface area contributed by atoms with E-state index in [1.165, 1.54) is 16.8 Å². The van der Waals surface area contributed by atoms with Gasteiger partial charge in [-0.25, -0.2) is 8.78 Å². The van der Waals surface area contributed by atoms with Crippen molar-refractivity contribution in [2.75, 3.05) is 24.1 Å². The Morgan fingerprint density at radius 2 is 1.96 bits per heavy atom. The Hall–Kier alpha value is -4.87. The fraction of sp³-hybridized carbons (Fsp3) is 0.233. The number of benzene rings is 3. The fourth-order valence-electron chi connectivity index (χ4n) is 5.06. The van der Waals surface area contributed by atoms with Gasteiger partial charge in [0.15, 0.2) is 11.5 Å². The summed E-state index contributed by atoms with van der Waals surface area (Å²) < 4.78 is 40.8. The van der Waals surface area contributed by atoms with Gasteiger partial charge in [-0.3, -0.25) is 19.1 Å². The molecule has 1 unspecified atom stereocenters. The second-order valence-electron chi connectivity index (χ2n) is 10.1. The van der Waals surface area contributed by atoms with Crippen molar-refractivity contribution in [2.24, 2.45) is 10.1 Å². The highest BCUT2D eigenvalue weighted by molar-refractivity contribution is 7.86. The molecule has 4 aromatic rings. The van der Waals surface area contributed by atoms with Gasteiger partial charge in [-0.15, -0.1) is 4.36 Å². The third-order valence-electron chi connectivity index (χ3n) is 7.13. The summed E-state index contributed by atoms with van der Waals surface area (Å²) in [6, 6.07) is 14.5. The zero-order chi connectivity index (χ0) is 32.2. The predicted octanol–water partition coefficient (Wildman–Crippen LogP) is 4.42. The third-order valence-corrected chi connectivity index (χ3v) is 8.31. The highest BCUT2D eigenvalue weighted by Crippen LogP contribution is 2.33. The molecule has 0 spiro atoms. The first-order valence-electron chi connectivity index (χ1n) is 13.5. The normalized spacial score (nSPS) is 16.8. The second kappa shape index (κ2) is 13.4. The Morgan fingerprint density at radius 3 is 2.69 bits per heavy atom. The van der Waals surface area contributed by atoms with E-state index in [9.17, 15) is 18.8 Å². The van der Waals surface area contributed by atoms with Gasteiger partial charge in [0.1, 0.15) is 30.4 Å². The number of amides is 3. The molecule has 1 saturated heterocycles. The Kier molecular flexibility index (Phi) is 9.40. The lowest BCUT2D eigenvalue weighted by atomic mass is 10.0. The van der Waals surface area contributed by atoms with Gasteiger partial charge in [0.05, 0.1) is 17.7 Å². The number of hydrogen-bond donors (Lipinski definition) is 2. The quantitative estimate of drug-likeness (QED) is 0.255. The van der Waals surface area contributed by atoms with Crippen LogP contribution >= 0.6 is 11.6 Å². The number of carbonyl (C=O) groups is 3. The Labute approximate surface area is 263 Å². The number of primary amides is 1. The first-order valence-corrected chi connectivity index (χ1v) is 15.6. The van der Waals surface area contributed by atoms with Gasteiger partial charge in [-0.2, -0.15) is 10.4 Å². The monoisotopic (exact) mass is 653 g/mol. The molecule has 1 fully saturated rings. The molecule has 0 bridgehead atoms. The highest BCUT2D eigenvalue weighted by atomic mass is 35.5. The molecule has 232 valence electrons. The predicted molar refractivity (Wildman–Crippen MR) is 166 cm³/mol. The van der Waals surface area contributed by atoms with Crippen molar-refractivity contribution >= 4 is 56.6 Å². The van der Waals surface area contributed by atoms with Crippen LogP contribution in [0.25, 0.3) is 22.0 Å². The van der Waals surface area contributed by atoms with Gasteiger partial charge in [-0.05, 0) is 41.2 Å². The van der Waals surface area contributed by atoms with Gasteiger partial charge in [0.25, 0.3) is 5.91 Å². The fourth-order valence-corrected chi connectivity index (χ4v) is 5.79. The Bertz CT molecular complexity index is 1890. The summed E-state index contributed by atoms with van der Waals surface area (Å²) in [6.45, 7) is -0.821. The van der Waals surface area contributed by atoms with E-state index in [2.05, 4.69) is 14.8 Å². The summed E-state index contributed by atoms with van der Waals surface area (Å²) >= 11 is 6.24. The average Bonchev–Trinajstić information content (AvgIpc) is 3.58. The summed E-state index contributed by atoms with van der Waals surface area (Å²) in [4.78, 5) is 40.0. The molecule has 1 aliphatic rings. The first-order chi connectivity index (χ1) is 21.6. The van der Waals surface area contributed by atoms with Crippen LogP contribution < -0.4 is 15.8 Å². The van der Waals surface area contributed by atoms with E-state index < -0.39 is 53.0 Å². The van der Waals surface area contributed by atoms with Crippen LogP contribution in [-0.4, -0.2) is 63.4 Å². The van der Waals surface area contributed by atoms with Gasteiger partial charge in [0.2, 0.25) is 18.0 Å². The minimum Gasteiger partial charge on any atom is -0.482 e. The summed E-state index contributed by atoms with van der Waals surface area (Å²) in [5.41, 5.74) is 6.19. The Balaban J connectivity index is 1.38. The van der Waals surface area contributed by atoms with Crippen molar-refractivity contribution in [1.29, 1.82) is 5.26 Å². The van der Waals surface area contributed by atoms with Crippen LogP contribution in [0.2, 0.25) is 5.02 Å². The summed E-state index contributed by atoms with van der Waals surface area (Å²) in [7, 11) is -0.682. The number of aromatic nitrogens is 2. The van der Waals surface area contributed by atoms with Crippen LogP contribution in [0.3, 0.4) is 0 Å². The van der Waals surface area contributed by atoms with Crippen molar-refractivity contribution in [1.82, 2.24) is 14.7 Å². The first kappa shape index (κ1) is 31.6. The molecule has 3 aromatic carbocycles. The lowest BCUT2D eigenvalue weighted by molar-refractivity contribution is -0.137. The molecule has 3 atom stereocenters. The lowest BCUT2D eigenvalue weighted by Gasteiger charge is -2.24. The van der Waals surface area contributed by atoms with Crippen LogP contribution in [0.5, 0.6) is 5.75 Å². The minimum absolute atomic E-state index is 0.0907. The number of anilines is 1. The molecule has 11 nitrogen and oxygen atoms in total. The van der Waals surface area contributed by atoms with Gasteiger partial charge in [-0.1, -0.05) is 41.9 Å². The van der Waals surface area contributed by atoms with E-state index in [-0.39, 0.29) is 35.8 Å². The molecule has 0 saturated carbocycles. The number of nitrogens with one attached hydrogen (secondary N) is 1. The van der Waals surface area contributed by atoms with E-state index >= 15 is 4.39 Å². The van der Waals surface area contributed by atoms with Gasteiger partial charge >= 0.3 is 0 Å². The number of hydrogen-bond acceptors (Lipinski definition) is 7. The summed E-state index contributed by atoms with van der Waals surface area (Å²) in [6.07, 6.45) is 1.65. The number of alkyl halides is 1. The van der Waals surface area contributed by atoms with Crippen molar-refractivity contribution < 1.29 is 27.9 Å². The van der Waals surface area contributed by atoms with Crippen molar-refractivity contribution in [3.63, 3.8) is 0 Å². The molecule has 1 aliphatic heterocycles. The third kappa shape index (κ3) is 6.79. The topological polar surface area (TPSA) is 156 Å². The van der Waals surface area contributed by atoms with E-state index in [0.717, 1.165) is 4.90 Å².